The molecular formula is C10H14N2O6S2. The molecule has 0 spiro atoms. The maximum absolute atomic E-state index is 11.5. The van der Waals surface area contributed by atoms with Gasteiger partial charge in [0, 0.05) is 6.54 Å². The van der Waals surface area contributed by atoms with Gasteiger partial charge in [0.05, 0.1) is 24.6 Å². The third-order valence-electron chi connectivity index (χ3n) is 2.24. The predicted octanol–water partition coefficient (Wildman–Crippen LogP) is -0.539. The minimum absolute atomic E-state index is 0.0232. The Morgan fingerprint density at radius 3 is 2.50 bits per heavy atom. The summed E-state index contributed by atoms with van der Waals surface area (Å²) in [5, 5.41) is 0. The molecule has 1 aromatic rings. The van der Waals surface area contributed by atoms with Crippen molar-refractivity contribution in [3.05, 3.63) is 29.3 Å². The quantitative estimate of drug-likeness (QED) is 0.478. The smallest absolute Gasteiger partial charge is 0.339 e. The van der Waals surface area contributed by atoms with Crippen molar-refractivity contribution >= 4 is 32.6 Å². The van der Waals surface area contributed by atoms with Gasteiger partial charge in [0.15, 0.2) is 0 Å². The average Bonchev–Trinajstić information content (AvgIpc) is 2.34. The van der Waals surface area contributed by atoms with E-state index in [1.807, 2.05) is 0 Å². The van der Waals surface area contributed by atoms with E-state index in [1.165, 1.54) is 25.3 Å². The molecule has 0 aliphatic heterocycles. The molecule has 2 N–H and O–H groups in total. The molecule has 0 radical (unpaired) electrons. The number of ether oxygens (including phenoxy) is 1. The maximum Gasteiger partial charge on any atom is 0.339 e. The molecule has 0 heterocycles. The van der Waals surface area contributed by atoms with Gasteiger partial charge in [-0.2, -0.15) is 0 Å². The fourth-order valence-corrected chi connectivity index (χ4v) is 2.21. The lowest BCUT2D eigenvalue weighted by Gasteiger charge is -2.09. The van der Waals surface area contributed by atoms with E-state index >= 15 is 0 Å². The van der Waals surface area contributed by atoms with Gasteiger partial charge in [-0.05, 0) is 17.7 Å². The Balaban J connectivity index is 3.10. The molecule has 8 nitrogen and oxygen atoms in total. The van der Waals surface area contributed by atoms with Gasteiger partial charge in [-0.1, -0.05) is 6.07 Å². The minimum Gasteiger partial charge on any atom is -0.465 e. The zero-order valence-electron chi connectivity index (χ0n) is 10.7. The molecule has 10 heteroatoms. The number of carbonyl (C=O) groups is 1. The van der Waals surface area contributed by atoms with Gasteiger partial charge in [-0.3, -0.25) is 4.72 Å². The molecule has 1 rings (SSSR count). The lowest BCUT2D eigenvalue weighted by Crippen LogP contribution is -2.21. The van der Waals surface area contributed by atoms with Crippen molar-refractivity contribution in [3.63, 3.8) is 0 Å². The number of thiol groups is 1. The van der Waals surface area contributed by atoms with Crippen molar-refractivity contribution in [3.8, 4) is 0 Å². The normalized spacial score (nSPS) is 11.3. The summed E-state index contributed by atoms with van der Waals surface area (Å²) in [6.07, 6.45) is 1.00. The van der Waals surface area contributed by atoms with E-state index in [0.717, 1.165) is 6.26 Å². The fourth-order valence-electron chi connectivity index (χ4n) is 1.39. The molecule has 20 heavy (non-hydrogen) atoms. The first-order chi connectivity index (χ1) is 9.23. The summed E-state index contributed by atoms with van der Waals surface area (Å²) in [6, 6.07) is 4.20. The Kier molecular flexibility index (Phi) is 5.48. The monoisotopic (exact) mass is 322 g/mol. The van der Waals surface area contributed by atoms with E-state index in [0.29, 0.717) is 5.56 Å². The van der Waals surface area contributed by atoms with Crippen molar-refractivity contribution < 1.29 is 26.4 Å². The first kappa shape index (κ1) is 16.4. The Morgan fingerprint density at radius 2 is 2.00 bits per heavy atom. The van der Waals surface area contributed by atoms with E-state index in [4.69, 9.17) is 0 Å². The fraction of sp³-hybridized carbons (Fsp3) is 0.300. The van der Waals surface area contributed by atoms with E-state index in [9.17, 15) is 21.6 Å². The molecule has 0 aliphatic rings. The number of methoxy groups -OCH3 is 1. The molecular weight excluding hydrogens is 308 g/mol. The van der Waals surface area contributed by atoms with E-state index in [2.05, 4.69) is 14.2 Å². The highest BCUT2D eigenvalue weighted by molar-refractivity contribution is 7.88. The molecule has 0 saturated heterocycles. The number of esters is 1. The highest BCUT2D eigenvalue weighted by Crippen LogP contribution is 2.19. The second-order valence-corrected chi connectivity index (χ2v) is 6.40. The van der Waals surface area contributed by atoms with Gasteiger partial charge in [-0.15, -0.1) is 0 Å². The van der Waals surface area contributed by atoms with Crippen molar-refractivity contribution in [2.45, 2.75) is 6.54 Å². The Hall–Kier alpha value is -1.65. The number of hydrogen-bond acceptors (Lipinski definition) is 6. The first-order valence-corrected chi connectivity index (χ1v) is 8.37. The number of nitrogens with one attached hydrogen (secondary N) is 2. The maximum atomic E-state index is 11.5. The minimum atomic E-state index is -3.37. The molecule has 0 fully saturated rings. The van der Waals surface area contributed by atoms with Gasteiger partial charge >= 0.3 is 5.97 Å². The highest BCUT2D eigenvalue weighted by atomic mass is 32.2. The summed E-state index contributed by atoms with van der Waals surface area (Å²) >= 11 is 0. The second kappa shape index (κ2) is 6.68. The van der Waals surface area contributed by atoms with E-state index in [1.54, 1.807) is 0 Å². The van der Waals surface area contributed by atoms with Crippen molar-refractivity contribution in [2.24, 2.45) is 0 Å². The summed E-state index contributed by atoms with van der Waals surface area (Å²) in [5.41, 5.74) is 0.554. The van der Waals surface area contributed by atoms with Crippen LogP contribution in [0.25, 0.3) is 0 Å². The van der Waals surface area contributed by atoms with Gasteiger partial charge < -0.3 is 4.74 Å². The van der Waals surface area contributed by atoms with Gasteiger partial charge in [0.1, 0.15) is 0 Å². The number of benzene rings is 1. The first-order valence-electron chi connectivity index (χ1n) is 5.30. The predicted molar refractivity (Wildman–Crippen MR) is 73.4 cm³/mol. The van der Waals surface area contributed by atoms with Crippen LogP contribution >= 0.6 is 0 Å². The van der Waals surface area contributed by atoms with Gasteiger partial charge in [0.2, 0.25) is 20.9 Å². The van der Waals surface area contributed by atoms with Crippen LogP contribution in [0.3, 0.4) is 0 Å². The molecule has 0 aromatic heterocycles. The zero-order valence-corrected chi connectivity index (χ0v) is 12.5. The molecule has 1 aromatic carbocycles. The number of anilines is 1. The van der Waals surface area contributed by atoms with Crippen LogP contribution in [0.1, 0.15) is 15.9 Å². The third kappa shape index (κ3) is 5.15. The summed E-state index contributed by atoms with van der Waals surface area (Å²) in [6.45, 7) is -0.0232. The van der Waals surface area contributed by atoms with Gasteiger partial charge in [0.25, 0.3) is 0 Å². The van der Waals surface area contributed by atoms with Crippen LogP contribution in [0.2, 0.25) is 0 Å². The Bertz CT molecular complexity index is 673. The summed E-state index contributed by atoms with van der Waals surface area (Å²) < 4.78 is 52.3. The van der Waals surface area contributed by atoms with Crippen LogP contribution in [0, 0.1) is 0 Å². The lowest BCUT2D eigenvalue weighted by atomic mass is 10.1. The van der Waals surface area contributed by atoms with Crippen LogP contribution in [-0.4, -0.2) is 36.2 Å². The largest absolute Gasteiger partial charge is 0.465 e. The topological polar surface area (TPSA) is 119 Å². The molecule has 0 saturated carbocycles. The van der Waals surface area contributed by atoms with Gasteiger partial charge in [-0.25, -0.2) is 26.4 Å². The summed E-state index contributed by atoms with van der Waals surface area (Å²) in [4.78, 5) is 11.5. The number of sulfonamides is 1. The van der Waals surface area contributed by atoms with Crippen LogP contribution in [0.5, 0.6) is 0 Å². The van der Waals surface area contributed by atoms with Crippen molar-refractivity contribution in [2.75, 3.05) is 18.1 Å². The zero-order chi connectivity index (χ0) is 15.3. The van der Waals surface area contributed by atoms with Crippen molar-refractivity contribution in [1.82, 2.24) is 4.72 Å². The Labute approximate surface area is 118 Å². The van der Waals surface area contributed by atoms with Crippen LogP contribution < -0.4 is 9.44 Å². The van der Waals surface area contributed by atoms with Crippen LogP contribution in [-0.2, 0) is 32.2 Å². The molecule has 0 amide bonds. The highest BCUT2D eigenvalue weighted by Gasteiger charge is 2.13. The number of hydrogen-bond donors (Lipinski definition) is 3. The molecule has 112 valence electrons. The van der Waals surface area contributed by atoms with E-state index in [-0.39, 0.29) is 17.8 Å². The molecule has 0 bridgehead atoms. The summed E-state index contributed by atoms with van der Waals surface area (Å²) in [5.74, 6) is -0.702. The second-order valence-electron chi connectivity index (χ2n) is 3.83. The SMILES string of the molecule is COC(=O)c1ccc(CNS(C)(=O)=O)cc1N[SH](=O)=O. The molecule has 0 atom stereocenters. The van der Waals surface area contributed by atoms with Crippen LogP contribution in [0.4, 0.5) is 5.69 Å². The van der Waals surface area contributed by atoms with E-state index < -0.39 is 26.9 Å². The number of carbonyl (C=O) groups excluding carboxylic acids is 1. The molecule has 0 unspecified atom stereocenters. The van der Waals surface area contributed by atoms with Crippen LogP contribution in [0.15, 0.2) is 18.2 Å². The number of rotatable bonds is 6. The molecule has 0 aliphatic carbocycles. The third-order valence-corrected chi connectivity index (χ3v) is 3.33. The summed E-state index contributed by atoms with van der Waals surface area (Å²) in [7, 11) is -5.17. The Morgan fingerprint density at radius 1 is 1.35 bits per heavy atom. The average molecular weight is 322 g/mol. The van der Waals surface area contributed by atoms with Crippen molar-refractivity contribution in [1.29, 1.82) is 0 Å². The lowest BCUT2D eigenvalue weighted by molar-refractivity contribution is 0.0602. The standard InChI is InChI=1S/C10H14N2O6S2/c1-18-10(13)8-4-3-7(6-11-20(2,16)17)5-9(8)12-19(14)15/h3-5,11,19H,6H2,1-2H3,(H,12,14,15).